The van der Waals surface area contributed by atoms with Crippen molar-refractivity contribution in [2.24, 2.45) is 5.73 Å². The van der Waals surface area contributed by atoms with Crippen LogP contribution in [0, 0.1) is 0 Å². The Hall–Kier alpha value is -1.61. The zero-order valence-corrected chi connectivity index (χ0v) is 7.81. The van der Waals surface area contributed by atoms with Gasteiger partial charge in [0.15, 0.2) is 0 Å². The Morgan fingerprint density at radius 3 is 2.71 bits per heavy atom. The van der Waals surface area contributed by atoms with E-state index in [-0.39, 0.29) is 0 Å². The molecule has 1 aromatic heterocycles. The van der Waals surface area contributed by atoms with Crippen molar-refractivity contribution in [2.45, 2.75) is 13.0 Å². The topological polar surface area (TPSA) is 52.0 Å². The van der Waals surface area contributed by atoms with Crippen molar-refractivity contribution >= 4 is 0 Å². The summed E-state index contributed by atoms with van der Waals surface area (Å²) in [5.74, 6) is 0. The molecule has 3 heteroatoms. The minimum Gasteiger partial charge on any atom is -0.364 e. The lowest BCUT2D eigenvalue weighted by molar-refractivity contribution is 0.412. The first-order chi connectivity index (χ1) is 6.90. The smallest absolute Gasteiger partial charge is 0.128 e. The van der Waals surface area contributed by atoms with Crippen LogP contribution in [0.5, 0.6) is 0 Å². The summed E-state index contributed by atoms with van der Waals surface area (Å²) in [5.41, 5.74) is 8.68. The van der Waals surface area contributed by atoms with Crippen LogP contribution >= 0.6 is 0 Å². The number of aromatic nitrogens is 1. The lowest BCUT2D eigenvalue weighted by Gasteiger charge is -1.98. The van der Waals surface area contributed by atoms with Gasteiger partial charge in [-0.3, -0.25) is 0 Å². The first-order valence-electron chi connectivity index (χ1n) is 4.56. The van der Waals surface area contributed by atoms with Crippen molar-refractivity contribution in [3.05, 3.63) is 53.4 Å². The van der Waals surface area contributed by atoms with Gasteiger partial charge in [0.1, 0.15) is 6.26 Å². The molecule has 0 fully saturated rings. The molecular weight excluding hydrogens is 176 g/mol. The van der Waals surface area contributed by atoms with Gasteiger partial charge in [0.2, 0.25) is 0 Å². The van der Waals surface area contributed by atoms with Crippen LogP contribution < -0.4 is 5.73 Å². The van der Waals surface area contributed by atoms with E-state index in [0.29, 0.717) is 6.54 Å². The average molecular weight is 188 g/mol. The van der Waals surface area contributed by atoms with Gasteiger partial charge in [0, 0.05) is 18.5 Å². The summed E-state index contributed by atoms with van der Waals surface area (Å²) in [6, 6.07) is 10.1. The second-order valence-electron chi connectivity index (χ2n) is 3.15. The van der Waals surface area contributed by atoms with E-state index < -0.39 is 0 Å². The molecule has 0 saturated heterocycles. The number of rotatable bonds is 3. The molecule has 0 saturated carbocycles. The van der Waals surface area contributed by atoms with Crippen molar-refractivity contribution in [1.29, 1.82) is 0 Å². The van der Waals surface area contributed by atoms with Crippen LogP contribution in [0.3, 0.4) is 0 Å². The summed E-state index contributed by atoms with van der Waals surface area (Å²) in [4.78, 5) is 0. The van der Waals surface area contributed by atoms with E-state index in [1.165, 1.54) is 5.56 Å². The molecular formula is C11H12N2O. The lowest BCUT2D eigenvalue weighted by atomic mass is 10.1. The largest absolute Gasteiger partial charge is 0.364 e. The number of benzene rings is 1. The number of nitrogens with two attached hydrogens (primary N) is 1. The van der Waals surface area contributed by atoms with E-state index in [1.807, 2.05) is 18.2 Å². The van der Waals surface area contributed by atoms with Crippen molar-refractivity contribution in [3.63, 3.8) is 0 Å². The monoisotopic (exact) mass is 188 g/mol. The summed E-state index contributed by atoms with van der Waals surface area (Å²) >= 11 is 0. The molecule has 0 radical (unpaired) electrons. The molecule has 14 heavy (non-hydrogen) atoms. The Morgan fingerprint density at radius 2 is 2.00 bits per heavy atom. The Morgan fingerprint density at radius 1 is 1.21 bits per heavy atom. The predicted octanol–water partition coefficient (Wildman–Crippen LogP) is 1.72. The van der Waals surface area contributed by atoms with Crippen molar-refractivity contribution in [1.82, 2.24) is 5.16 Å². The van der Waals surface area contributed by atoms with Crippen LogP contribution in [-0.2, 0) is 13.0 Å². The third-order valence-electron chi connectivity index (χ3n) is 2.16. The summed E-state index contributed by atoms with van der Waals surface area (Å²) < 4.78 is 4.88. The average Bonchev–Trinajstić information content (AvgIpc) is 2.67. The van der Waals surface area contributed by atoms with Crippen LogP contribution in [0.25, 0.3) is 0 Å². The fraction of sp³-hybridized carbons (Fsp3) is 0.182. The number of hydrogen-bond donors (Lipinski definition) is 1. The minimum absolute atomic E-state index is 0.478. The van der Waals surface area contributed by atoms with Gasteiger partial charge in [-0.1, -0.05) is 35.5 Å². The minimum atomic E-state index is 0.478. The zero-order chi connectivity index (χ0) is 9.80. The maximum Gasteiger partial charge on any atom is 0.128 e. The van der Waals surface area contributed by atoms with E-state index in [0.717, 1.165) is 17.7 Å². The molecule has 2 aromatic rings. The van der Waals surface area contributed by atoms with E-state index in [9.17, 15) is 0 Å². The third kappa shape index (κ3) is 1.83. The highest BCUT2D eigenvalue weighted by Crippen LogP contribution is 2.11. The van der Waals surface area contributed by atoms with Gasteiger partial charge in [-0.05, 0) is 5.56 Å². The quantitative estimate of drug-likeness (QED) is 0.798. The summed E-state index contributed by atoms with van der Waals surface area (Å²) in [7, 11) is 0. The van der Waals surface area contributed by atoms with Crippen LogP contribution in [0.2, 0.25) is 0 Å². The molecule has 2 N–H and O–H groups in total. The lowest BCUT2D eigenvalue weighted by Crippen LogP contribution is -2.00. The van der Waals surface area contributed by atoms with E-state index in [1.54, 1.807) is 6.26 Å². The fourth-order valence-corrected chi connectivity index (χ4v) is 1.38. The second kappa shape index (κ2) is 4.07. The fourth-order valence-electron chi connectivity index (χ4n) is 1.38. The normalized spacial score (nSPS) is 10.4. The van der Waals surface area contributed by atoms with Crippen LogP contribution in [0.1, 0.15) is 16.8 Å². The van der Waals surface area contributed by atoms with Crippen molar-refractivity contribution in [2.75, 3.05) is 0 Å². The zero-order valence-electron chi connectivity index (χ0n) is 7.81. The SMILES string of the molecule is NCc1conc1Cc1ccccc1. The second-order valence-corrected chi connectivity index (χ2v) is 3.15. The summed E-state index contributed by atoms with van der Waals surface area (Å²) in [6.07, 6.45) is 2.39. The molecule has 0 unspecified atom stereocenters. The number of hydrogen-bond acceptors (Lipinski definition) is 3. The van der Waals surface area contributed by atoms with Crippen LogP contribution in [0.4, 0.5) is 0 Å². The molecule has 3 nitrogen and oxygen atoms in total. The highest BCUT2D eigenvalue weighted by molar-refractivity contribution is 5.24. The third-order valence-corrected chi connectivity index (χ3v) is 2.16. The maximum atomic E-state index is 5.55. The molecule has 1 aromatic carbocycles. The molecule has 0 amide bonds. The van der Waals surface area contributed by atoms with E-state index in [4.69, 9.17) is 10.3 Å². The van der Waals surface area contributed by atoms with Crippen molar-refractivity contribution in [3.8, 4) is 0 Å². The van der Waals surface area contributed by atoms with Gasteiger partial charge in [-0.25, -0.2) is 0 Å². The highest BCUT2D eigenvalue weighted by Gasteiger charge is 2.06. The summed E-state index contributed by atoms with van der Waals surface area (Å²) in [5, 5.41) is 3.93. The molecule has 0 aliphatic heterocycles. The standard InChI is InChI=1S/C11H12N2O/c12-7-10-8-14-13-11(10)6-9-4-2-1-3-5-9/h1-5,8H,6-7,12H2. The molecule has 72 valence electrons. The van der Waals surface area contributed by atoms with Crippen LogP contribution in [-0.4, -0.2) is 5.16 Å². The Labute approximate surface area is 82.5 Å². The molecule has 0 spiro atoms. The van der Waals surface area contributed by atoms with Crippen LogP contribution in [0.15, 0.2) is 41.1 Å². The maximum absolute atomic E-state index is 5.55. The Kier molecular flexibility index (Phi) is 2.60. The molecule has 0 bridgehead atoms. The first-order valence-corrected chi connectivity index (χ1v) is 4.56. The molecule has 0 atom stereocenters. The summed E-state index contributed by atoms with van der Waals surface area (Å²) in [6.45, 7) is 0.478. The van der Waals surface area contributed by atoms with Gasteiger partial charge in [-0.2, -0.15) is 0 Å². The Balaban J connectivity index is 2.19. The van der Waals surface area contributed by atoms with E-state index >= 15 is 0 Å². The van der Waals surface area contributed by atoms with Gasteiger partial charge >= 0.3 is 0 Å². The van der Waals surface area contributed by atoms with Crippen molar-refractivity contribution < 1.29 is 4.52 Å². The van der Waals surface area contributed by atoms with Gasteiger partial charge in [0.05, 0.1) is 5.69 Å². The molecule has 0 aliphatic rings. The first kappa shape index (κ1) is 8.97. The molecule has 2 rings (SSSR count). The van der Waals surface area contributed by atoms with E-state index in [2.05, 4.69) is 17.3 Å². The van der Waals surface area contributed by atoms with Gasteiger partial charge < -0.3 is 10.3 Å². The van der Waals surface area contributed by atoms with Gasteiger partial charge in [-0.15, -0.1) is 0 Å². The highest BCUT2D eigenvalue weighted by atomic mass is 16.5. The Bertz CT molecular complexity index is 395. The molecule has 0 aliphatic carbocycles. The van der Waals surface area contributed by atoms with Gasteiger partial charge in [0.25, 0.3) is 0 Å². The molecule has 1 heterocycles. The predicted molar refractivity (Wildman–Crippen MR) is 53.6 cm³/mol. The number of nitrogens with zero attached hydrogens (tertiary/aromatic N) is 1.